The summed E-state index contributed by atoms with van der Waals surface area (Å²) in [5, 5.41) is 6.44. The predicted octanol–water partition coefficient (Wildman–Crippen LogP) is 1.27. The summed E-state index contributed by atoms with van der Waals surface area (Å²) in [6.07, 6.45) is 5.59. The van der Waals surface area contributed by atoms with Crippen molar-refractivity contribution >= 4 is 17.6 Å². The first-order valence-corrected chi connectivity index (χ1v) is 6.77. The Kier molecular flexibility index (Phi) is 4.75. The van der Waals surface area contributed by atoms with Gasteiger partial charge in [-0.2, -0.15) is 9.97 Å². The summed E-state index contributed by atoms with van der Waals surface area (Å²) in [5.74, 6) is 2.78. The first kappa shape index (κ1) is 14.1. The molecule has 0 saturated carbocycles. The van der Waals surface area contributed by atoms with Gasteiger partial charge in [0.25, 0.3) is 0 Å². The highest BCUT2D eigenvalue weighted by atomic mass is 15.1. The zero-order valence-corrected chi connectivity index (χ0v) is 11.9. The molecule has 7 heteroatoms. The average Bonchev–Trinajstić information content (AvgIpc) is 2.82. The number of aromatic nitrogens is 4. The maximum atomic E-state index is 5.70. The first-order chi connectivity index (χ1) is 9.69. The molecule has 0 amide bonds. The van der Waals surface area contributed by atoms with E-state index in [4.69, 9.17) is 5.73 Å². The maximum absolute atomic E-state index is 5.70. The van der Waals surface area contributed by atoms with Gasteiger partial charge in [-0.15, -0.1) is 0 Å². The molecule has 0 atom stereocenters. The first-order valence-electron chi connectivity index (χ1n) is 6.77. The summed E-state index contributed by atoms with van der Waals surface area (Å²) in [4.78, 5) is 12.6. The van der Waals surface area contributed by atoms with Crippen LogP contribution < -0.4 is 16.4 Å². The van der Waals surface area contributed by atoms with Crippen molar-refractivity contribution < 1.29 is 0 Å². The van der Waals surface area contributed by atoms with E-state index in [-0.39, 0.29) is 5.95 Å². The fourth-order valence-corrected chi connectivity index (χ4v) is 1.84. The highest BCUT2D eigenvalue weighted by molar-refractivity contribution is 5.50. The molecule has 0 aliphatic carbocycles. The van der Waals surface area contributed by atoms with E-state index in [2.05, 4.69) is 32.5 Å². The van der Waals surface area contributed by atoms with Crippen LogP contribution in [0.4, 0.5) is 17.6 Å². The van der Waals surface area contributed by atoms with Crippen molar-refractivity contribution in [1.29, 1.82) is 0 Å². The molecular weight excluding hydrogens is 254 g/mol. The lowest BCUT2D eigenvalue weighted by molar-refractivity contribution is 0.788. The lowest BCUT2D eigenvalue weighted by atomic mass is 10.4. The zero-order chi connectivity index (χ0) is 14.4. The Morgan fingerprint density at radius 3 is 2.50 bits per heavy atom. The Morgan fingerprint density at radius 2 is 1.90 bits per heavy atom. The molecule has 4 N–H and O–H groups in total. The van der Waals surface area contributed by atoms with Crippen LogP contribution in [0, 0.1) is 0 Å². The molecule has 0 spiro atoms. The number of hydrogen-bond donors (Lipinski definition) is 3. The molecule has 0 unspecified atom stereocenters. The van der Waals surface area contributed by atoms with Crippen molar-refractivity contribution in [3.63, 3.8) is 0 Å². The van der Waals surface area contributed by atoms with E-state index in [1.165, 1.54) is 0 Å². The summed E-state index contributed by atoms with van der Waals surface area (Å²) >= 11 is 0. The number of nitrogens with one attached hydrogen (secondary N) is 2. The Morgan fingerprint density at radius 1 is 1.20 bits per heavy atom. The second-order valence-corrected chi connectivity index (χ2v) is 4.55. The Hall–Kier alpha value is -2.31. The van der Waals surface area contributed by atoms with Crippen molar-refractivity contribution in [3.8, 4) is 0 Å². The van der Waals surface area contributed by atoms with E-state index in [1.807, 2.05) is 23.9 Å². The minimum absolute atomic E-state index is 0.269. The van der Waals surface area contributed by atoms with Gasteiger partial charge in [0, 0.05) is 45.0 Å². The summed E-state index contributed by atoms with van der Waals surface area (Å²) in [6, 6.07) is 1.87. The van der Waals surface area contributed by atoms with E-state index in [0.717, 1.165) is 43.4 Å². The van der Waals surface area contributed by atoms with Crippen molar-refractivity contribution in [2.45, 2.75) is 19.8 Å². The molecule has 0 saturated heterocycles. The third-order valence-electron chi connectivity index (χ3n) is 2.88. The van der Waals surface area contributed by atoms with E-state index in [9.17, 15) is 0 Å². The second kappa shape index (κ2) is 6.74. The quantitative estimate of drug-likeness (QED) is 0.704. The molecule has 108 valence electrons. The van der Waals surface area contributed by atoms with Gasteiger partial charge in [0.15, 0.2) is 0 Å². The zero-order valence-electron chi connectivity index (χ0n) is 11.9. The largest absolute Gasteiger partial charge is 0.370 e. The summed E-state index contributed by atoms with van der Waals surface area (Å²) in [6.45, 7) is 3.71. The second-order valence-electron chi connectivity index (χ2n) is 4.55. The molecule has 20 heavy (non-hydrogen) atoms. The Bertz CT molecular complexity index is 549. The molecule has 0 aromatic carbocycles. The molecule has 2 heterocycles. The van der Waals surface area contributed by atoms with E-state index < -0.39 is 0 Å². The highest BCUT2D eigenvalue weighted by Gasteiger charge is 2.03. The number of nitrogen functional groups attached to an aromatic ring is 1. The van der Waals surface area contributed by atoms with Crippen LogP contribution in [0.2, 0.25) is 0 Å². The Balaban J connectivity index is 1.91. The van der Waals surface area contributed by atoms with Crippen LogP contribution in [-0.2, 0) is 13.5 Å². The molecule has 0 aliphatic heterocycles. The van der Waals surface area contributed by atoms with Gasteiger partial charge in [-0.25, -0.2) is 4.98 Å². The SMILES string of the molecule is CCCNc1cc(NCCc2nccn2C)nc(N)n1. The number of hydrogen-bond acceptors (Lipinski definition) is 6. The van der Waals surface area contributed by atoms with Gasteiger partial charge in [-0.05, 0) is 6.42 Å². The van der Waals surface area contributed by atoms with Gasteiger partial charge in [0.1, 0.15) is 17.5 Å². The van der Waals surface area contributed by atoms with Crippen molar-refractivity contribution in [1.82, 2.24) is 19.5 Å². The molecule has 2 rings (SSSR count). The van der Waals surface area contributed by atoms with Crippen LogP contribution in [0.15, 0.2) is 18.5 Å². The van der Waals surface area contributed by atoms with Crippen LogP contribution in [0.25, 0.3) is 0 Å². The molecule has 2 aromatic rings. The normalized spacial score (nSPS) is 10.5. The predicted molar refractivity (Wildman–Crippen MR) is 80.6 cm³/mol. The third kappa shape index (κ3) is 3.84. The van der Waals surface area contributed by atoms with Gasteiger partial charge in [0.05, 0.1) is 0 Å². The van der Waals surface area contributed by atoms with Crippen LogP contribution in [0.3, 0.4) is 0 Å². The number of anilines is 3. The van der Waals surface area contributed by atoms with Gasteiger partial charge >= 0.3 is 0 Å². The van der Waals surface area contributed by atoms with E-state index in [1.54, 1.807) is 6.20 Å². The van der Waals surface area contributed by atoms with Crippen molar-refractivity contribution in [2.75, 3.05) is 29.5 Å². The van der Waals surface area contributed by atoms with Gasteiger partial charge in [-0.3, -0.25) is 0 Å². The molecule has 0 radical (unpaired) electrons. The Labute approximate surface area is 118 Å². The number of nitrogens with two attached hydrogens (primary N) is 1. The lowest BCUT2D eigenvalue weighted by Crippen LogP contribution is -2.12. The fraction of sp³-hybridized carbons (Fsp3) is 0.462. The lowest BCUT2D eigenvalue weighted by Gasteiger charge is -2.09. The molecule has 0 fully saturated rings. The van der Waals surface area contributed by atoms with Crippen molar-refractivity contribution in [3.05, 3.63) is 24.3 Å². The smallest absolute Gasteiger partial charge is 0.223 e. The average molecular weight is 275 g/mol. The molecule has 2 aromatic heterocycles. The van der Waals surface area contributed by atoms with Gasteiger partial charge < -0.3 is 20.9 Å². The molecule has 7 nitrogen and oxygen atoms in total. The molecule has 0 bridgehead atoms. The van der Waals surface area contributed by atoms with Crippen LogP contribution in [0.1, 0.15) is 19.2 Å². The molecular formula is C13H21N7. The van der Waals surface area contributed by atoms with E-state index in [0.29, 0.717) is 0 Å². The van der Waals surface area contributed by atoms with Crippen LogP contribution in [-0.4, -0.2) is 32.6 Å². The molecule has 0 aliphatic rings. The minimum atomic E-state index is 0.269. The summed E-state index contributed by atoms with van der Waals surface area (Å²) in [7, 11) is 1.98. The summed E-state index contributed by atoms with van der Waals surface area (Å²) in [5.41, 5.74) is 5.70. The summed E-state index contributed by atoms with van der Waals surface area (Å²) < 4.78 is 2.00. The fourth-order valence-electron chi connectivity index (χ4n) is 1.84. The standard InChI is InChI=1S/C13H21N7/c1-3-5-15-10-9-11(19-13(14)18-10)16-6-4-12-17-7-8-20(12)2/h7-9H,3-6H2,1-2H3,(H4,14,15,16,18,19). The monoisotopic (exact) mass is 275 g/mol. The van der Waals surface area contributed by atoms with Crippen molar-refractivity contribution in [2.24, 2.45) is 7.05 Å². The number of nitrogens with zero attached hydrogens (tertiary/aromatic N) is 4. The minimum Gasteiger partial charge on any atom is -0.370 e. The number of aryl methyl sites for hydroxylation is 1. The highest BCUT2D eigenvalue weighted by Crippen LogP contribution is 2.12. The van der Waals surface area contributed by atoms with Gasteiger partial charge in [0.2, 0.25) is 5.95 Å². The van der Waals surface area contributed by atoms with Gasteiger partial charge in [-0.1, -0.05) is 6.92 Å². The van der Waals surface area contributed by atoms with E-state index >= 15 is 0 Å². The third-order valence-corrected chi connectivity index (χ3v) is 2.88. The number of imidazole rings is 1. The van der Waals surface area contributed by atoms with Crippen LogP contribution in [0.5, 0.6) is 0 Å². The maximum Gasteiger partial charge on any atom is 0.223 e. The number of rotatable bonds is 7. The topological polar surface area (TPSA) is 93.7 Å². The van der Waals surface area contributed by atoms with Crippen LogP contribution >= 0.6 is 0 Å².